The number of fused-ring (bicyclic) bond motifs is 2. The number of carbonyl (C=O) groups is 4. The monoisotopic (exact) mass is 950 g/mol. The van der Waals surface area contributed by atoms with Crippen LogP contribution in [-0.4, -0.2) is 111 Å². The first-order valence-corrected chi connectivity index (χ1v) is 23.4. The Morgan fingerprint density at radius 2 is 1.67 bits per heavy atom. The van der Waals surface area contributed by atoms with Gasteiger partial charge >= 0.3 is 0 Å². The number of benzene rings is 3. The number of nitrogens with zero attached hydrogens (tertiary/aromatic N) is 6. The van der Waals surface area contributed by atoms with Crippen LogP contribution in [0.3, 0.4) is 0 Å². The van der Waals surface area contributed by atoms with Crippen LogP contribution in [0.25, 0.3) is 11.3 Å². The van der Waals surface area contributed by atoms with E-state index in [0.717, 1.165) is 34.8 Å². The SMILES string of the molecule is COC[C@@H]1NC(=O)[C@H](C)N(Cc2ccc(Cl)cc2Oc2ccc(-c3cnc(CN(C)C)n3C)cc2)C(=O)C[C@@H](Cc2cccc(C)n2)C(=O)N2CCCC[C@@](Cc3ccc(Cl)cc3)(C2)NC1=O. The summed E-state index contributed by atoms with van der Waals surface area (Å²) in [4.78, 5) is 73.8. The molecule has 2 aliphatic heterocycles. The van der Waals surface area contributed by atoms with Crippen LogP contribution in [0.2, 0.25) is 10.0 Å². The van der Waals surface area contributed by atoms with Crippen LogP contribution in [0.4, 0.5) is 0 Å². The fraction of sp³-hybridized carbons (Fsp3) is 0.412. The van der Waals surface area contributed by atoms with Gasteiger partial charge in [0.1, 0.15) is 29.4 Å². The molecule has 5 aromatic rings. The molecule has 0 saturated carbocycles. The zero-order valence-electron chi connectivity index (χ0n) is 39.1. The quantitative estimate of drug-likeness (QED) is 0.125. The third kappa shape index (κ3) is 12.4. The summed E-state index contributed by atoms with van der Waals surface area (Å²) < 4.78 is 14.0. The molecule has 2 saturated heterocycles. The number of imidazole rings is 1. The van der Waals surface area contributed by atoms with Crippen molar-refractivity contribution in [2.45, 2.75) is 83.1 Å². The van der Waals surface area contributed by atoms with Gasteiger partial charge in [-0.05, 0) is 120 Å². The van der Waals surface area contributed by atoms with Crippen molar-refractivity contribution in [2.75, 3.05) is 40.9 Å². The third-order valence-corrected chi connectivity index (χ3v) is 13.1. The standard InChI is InChI=1S/C51H60Cl2N8O6/c1-33-10-9-11-41(55-33)24-38-25-47(62)61(29-37-14-19-40(53)26-45(37)67-42-20-15-36(16-21-42)44-28-54-46(59(44)5)30-58(3)4)34(2)48(63)56-43(31-66-6)49(64)57-51(27-35-12-17-39(52)18-13-35)22-7-8-23-60(32-51)50(38)65/h9-21,26,28,34,38,43H,7-8,22-25,27,29-32H2,1-6H3,(H,56,63)(H,57,64)/t34-,38+,43-,51+/m0/s1. The lowest BCUT2D eigenvalue weighted by Crippen LogP contribution is -2.63. The zero-order chi connectivity index (χ0) is 47.8. The van der Waals surface area contributed by atoms with E-state index < -0.39 is 41.3 Å². The molecule has 0 spiro atoms. The molecule has 0 unspecified atom stereocenters. The molecule has 0 aliphatic carbocycles. The van der Waals surface area contributed by atoms with E-state index >= 15 is 9.59 Å². The first-order valence-electron chi connectivity index (χ1n) is 22.7. The van der Waals surface area contributed by atoms with E-state index in [2.05, 4.69) is 25.1 Å². The second-order valence-electron chi connectivity index (χ2n) is 18.1. The number of carbonyl (C=O) groups excluding carboxylic acids is 4. The molecule has 16 heteroatoms. The average molecular weight is 952 g/mol. The Morgan fingerprint density at radius 3 is 2.39 bits per heavy atom. The molecule has 3 aromatic carbocycles. The third-order valence-electron chi connectivity index (χ3n) is 12.6. The van der Waals surface area contributed by atoms with E-state index in [9.17, 15) is 9.59 Å². The summed E-state index contributed by atoms with van der Waals surface area (Å²) in [6.07, 6.45) is 4.22. The van der Waals surface area contributed by atoms with Crippen LogP contribution in [0, 0.1) is 12.8 Å². The van der Waals surface area contributed by atoms with E-state index in [-0.39, 0.29) is 38.4 Å². The van der Waals surface area contributed by atoms with Gasteiger partial charge in [-0.1, -0.05) is 47.5 Å². The Hall–Kier alpha value is -5.80. The minimum Gasteiger partial charge on any atom is -0.457 e. The molecule has 67 heavy (non-hydrogen) atoms. The molecule has 4 atom stereocenters. The molecule has 4 amide bonds. The number of aromatic nitrogens is 3. The number of amides is 4. The molecule has 2 fully saturated rings. The predicted molar refractivity (Wildman–Crippen MR) is 259 cm³/mol. The van der Waals surface area contributed by atoms with Gasteiger partial charge in [-0.25, -0.2) is 4.98 Å². The maximum Gasteiger partial charge on any atom is 0.245 e. The van der Waals surface area contributed by atoms with Gasteiger partial charge in [-0.2, -0.15) is 0 Å². The van der Waals surface area contributed by atoms with E-state index in [1.165, 1.54) is 12.0 Å². The molecule has 2 aliphatic rings. The summed E-state index contributed by atoms with van der Waals surface area (Å²) in [7, 11) is 7.45. The first kappa shape index (κ1) is 49.1. The number of aryl methyl sites for hydroxylation is 1. The van der Waals surface area contributed by atoms with Crippen molar-refractivity contribution in [3.05, 3.63) is 130 Å². The molecular formula is C51H60Cl2N8O6. The minimum absolute atomic E-state index is 0.0830. The van der Waals surface area contributed by atoms with Gasteiger partial charge in [0.05, 0.1) is 43.0 Å². The van der Waals surface area contributed by atoms with Gasteiger partial charge in [-0.3, -0.25) is 24.2 Å². The molecular weight excluding hydrogens is 892 g/mol. The second-order valence-corrected chi connectivity index (χ2v) is 19.0. The highest BCUT2D eigenvalue weighted by atomic mass is 35.5. The Kier molecular flexibility index (Phi) is 16.0. The topological polar surface area (TPSA) is 151 Å². The van der Waals surface area contributed by atoms with Crippen LogP contribution >= 0.6 is 23.2 Å². The predicted octanol–water partition coefficient (Wildman–Crippen LogP) is 7.17. The zero-order valence-corrected chi connectivity index (χ0v) is 40.6. The fourth-order valence-corrected chi connectivity index (χ4v) is 9.32. The van der Waals surface area contributed by atoms with Gasteiger partial charge in [0, 0.05) is 72.6 Å². The number of pyridine rings is 1. The number of hydrogen-bond donors (Lipinski definition) is 2. The van der Waals surface area contributed by atoms with Crippen molar-refractivity contribution in [3.8, 4) is 22.8 Å². The number of ether oxygens (including phenoxy) is 2. The summed E-state index contributed by atoms with van der Waals surface area (Å²) >= 11 is 12.8. The normalized spacial score (nSPS) is 20.9. The number of hydrogen-bond acceptors (Lipinski definition) is 9. The molecule has 7 rings (SSSR count). The van der Waals surface area contributed by atoms with Crippen LogP contribution in [0.15, 0.2) is 91.1 Å². The van der Waals surface area contributed by atoms with E-state index in [0.29, 0.717) is 65.2 Å². The van der Waals surface area contributed by atoms with Gasteiger partial charge in [0.25, 0.3) is 0 Å². The summed E-state index contributed by atoms with van der Waals surface area (Å²) in [5.41, 5.74) is 3.93. The highest BCUT2D eigenvalue weighted by Crippen LogP contribution is 2.33. The van der Waals surface area contributed by atoms with E-state index in [4.69, 9.17) is 37.7 Å². The van der Waals surface area contributed by atoms with Crippen molar-refractivity contribution < 1.29 is 28.7 Å². The van der Waals surface area contributed by atoms with E-state index in [1.54, 1.807) is 42.2 Å². The van der Waals surface area contributed by atoms with Crippen molar-refractivity contribution in [2.24, 2.45) is 13.0 Å². The number of methoxy groups -OCH3 is 1. The largest absolute Gasteiger partial charge is 0.457 e. The summed E-state index contributed by atoms with van der Waals surface area (Å²) in [6.45, 7) is 4.61. The van der Waals surface area contributed by atoms with E-state index in [1.807, 2.05) is 88.9 Å². The maximum absolute atomic E-state index is 15.1. The van der Waals surface area contributed by atoms with Gasteiger partial charge in [0.2, 0.25) is 23.6 Å². The summed E-state index contributed by atoms with van der Waals surface area (Å²) in [5, 5.41) is 7.21. The number of halogens is 2. The van der Waals surface area contributed by atoms with Crippen molar-refractivity contribution in [3.63, 3.8) is 0 Å². The highest BCUT2D eigenvalue weighted by molar-refractivity contribution is 6.31. The van der Waals surface area contributed by atoms with Crippen LogP contribution in [-0.2, 0) is 56.9 Å². The number of rotatable bonds is 13. The molecule has 0 radical (unpaired) electrons. The smallest absolute Gasteiger partial charge is 0.245 e. The van der Waals surface area contributed by atoms with Crippen molar-refractivity contribution in [1.29, 1.82) is 0 Å². The Morgan fingerprint density at radius 1 is 0.925 bits per heavy atom. The van der Waals surface area contributed by atoms with Crippen LogP contribution in [0.1, 0.15) is 60.9 Å². The van der Waals surface area contributed by atoms with Crippen molar-refractivity contribution in [1.82, 2.24) is 39.9 Å². The van der Waals surface area contributed by atoms with Gasteiger partial charge in [-0.15, -0.1) is 0 Å². The molecule has 354 valence electrons. The lowest BCUT2D eigenvalue weighted by atomic mass is 9.85. The Balaban J connectivity index is 1.23. The lowest BCUT2D eigenvalue weighted by Gasteiger charge is -2.40. The fourth-order valence-electron chi connectivity index (χ4n) is 9.04. The minimum atomic E-state index is -1.11. The summed E-state index contributed by atoms with van der Waals surface area (Å²) in [6, 6.07) is 23.6. The number of nitrogens with one attached hydrogen (secondary N) is 2. The Labute approximate surface area is 402 Å². The van der Waals surface area contributed by atoms with Crippen LogP contribution in [0.5, 0.6) is 11.5 Å². The molecule has 2 bridgehead atoms. The highest BCUT2D eigenvalue weighted by Gasteiger charge is 2.42. The maximum atomic E-state index is 15.1. The lowest BCUT2D eigenvalue weighted by molar-refractivity contribution is -0.147. The Bertz CT molecular complexity index is 2550. The van der Waals surface area contributed by atoms with Gasteiger partial charge < -0.3 is 39.4 Å². The van der Waals surface area contributed by atoms with Gasteiger partial charge in [0.15, 0.2) is 0 Å². The summed E-state index contributed by atoms with van der Waals surface area (Å²) in [5.74, 6) is -0.703. The first-order chi connectivity index (χ1) is 32.1. The molecule has 2 aromatic heterocycles. The molecule has 2 N–H and O–H groups in total. The molecule has 14 nitrogen and oxygen atoms in total. The van der Waals surface area contributed by atoms with Crippen LogP contribution < -0.4 is 15.4 Å². The van der Waals surface area contributed by atoms with Crippen molar-refractivity contribution >= 4 is 46.8 Å². The molecule has 4 heterocycles. The average Bonchev–Trinajstić information content (AvgIpc) is 3.51. The second kappa shape index (κ2) is 21.9.